The Morgan fingerprint density at radius 2 is 1.86 bits per heavy atom. The molecule has 120 valence electrons. The maximum absolute atomic E-state index is 12.2. The smallest absolute Gasteiger partial charge is 0.152 e. The fourth-order valence-corrected chi connectivity index (χ4v) is 3.81. The Hall–Kier alpha value is -0.910. The standard InChI is InChI=1S/C16H27NO3S/c1-4-14-7-9-15(10-8-14)16(17-5-2)13-21(18,19)12-6-11-20-3/h7-10,16-17H,4-6,11-13H2,1-3H3. The minimum atomic E-state index is -3.08. The quantitative estimate of drug-likeness (QED) is 0.674. The Morgan fingerprint density at radius 1 is 1.19 bits per heavy atom. The largest absolute Gasteiger partial charge is 0.385 e. The van der Waals surface area contributed by atoms with Crippen molar-refractivity contribution < 1.29 is 13.2 Å². The minimum Gasteiger partial charge on any atom is -0.385 e. The molecule has 0 heterocycles. The van der Waals surface area contributed by atoms with Crippen LogP contribution < -0.4 is 5.32 Å². The van der Waals surface area contributed by atoms with Crippen LogP contribution >= 0.6 is 0 Å². The highest BCUT2D eigenvalue weighted by Crippen LogP contribution is 2.17. The summed E-state index contributed by atoms with van der Waals surface area (Å²) in [6.45, 7) is 5.33. The van der Waals surface area contributed by atoms with E-state index in [1.807, 2.05) is 19.1 Å². The van der Waals surface area contributed by atoms with Crippen molar-refractivity contribution in [2.24, 2.45) is 0 Å². The molecule has 0 fully saturated rings. The second-order valence-electron chi connectivity index (χ2n) is 5.17. The topological polar surface area (TPSA) is 55.4 Å². The molecule has 0 aliphatic carbocycles. The molecule has 0 amide bonds. The number of ether oxygens (including phenoxy) is 1. The fourth-order valence-electron chi connectivity index (χ4n) is 2.27. The van der Waals surface area contributed by atoms with Crippen LogP contribution in [0.3, 0.4) is 0 Å². The van der Waals surface area contributed by atoms with Gasteiger partial charge in [0.05, 0.1) is 11.5 Å². The molecule has 0 aliphatic rings. The molecule has 0 saturated heterocycles. The summed E-state index contributed by atoms with van der Waals surface area (Å²) in [5.41, 5.74) is 2.29. The molecule has 0 saturated carbocycles. The molecular formula is C16H27NO3S. The summed E-state index contributed by atoms with van der Waals surface area (Å²) >= 11 is 0. The second-order valence-corrected chi connectivity index (χ2v) is 7.39. The predicted octanol–water partition coefficient (Wildman–Crippen LogP) is 2.35. The molecule has 0 radical (unpaired) electrons. The van der Waals surface area contributed by atoms with Gasteiger partial charge in [-0.1, -0.05) is 38.1 Å². The first-order chi connectivity index (χ1) is 10.0. The average Bonchev–Trinajstić information content (AvgIpc) is 2.47. The first-order valence-electron chi connectivity index (χ1n) is 7.54. The maximum atomic E-state index is 12.2. The van der Waals surface area contributed by atoms with Gasteiger partial charge in [-0.15, -0.1) is 0 Å². The van der Waals surface area contributed by atoms with Gasteiger partial charge in [-0.2, -0.15) is 0 Å². The molecule has 21 heavy (non-hydrogen) atoms. The Labute approximate surface area is 128 Å². The van der Waals surface area contributed by atoms with Gasteiger partial charge in [-0.25, -0.2) is 8.42 Å². The van der Waals surface area contributed by atoms with Crippen LogP contribution in [0, 0.1) is 0 Å². The van der Waals surface area contributed by atoms with Gasteiger partial charge in [0.1, 0.15) is 0 Å². The molecule has 0 aliphatic heterocycles. The molecule has 1 unspecified atom stereocenters. The van der Waals surface area contributed by atoms with Crippen molar-refractivity contribution in [2.75, 3.05) is 31.8 Å². The van der Waals surface area contributed by atoms with Gasteiger partial charge in [0.15, 0.2) is 9.84 Å². The highest BCUT2D eigenvalue weighted by molar-refractivity contribution is 7.91. The first-order valence-corrected chi connectivity index (χ1v) is 9.36. The van der Waals surface area contributed by atoms with Gasteiger partial charge in [-0.3, -0.25) is 0 Å². The third-order valence-corrected chi connectivity index (χ3v) is 5.22. The third kappa shape index (κ3) is 6.59. The fraction of sp³-hybridized carbons (Fsp3) is 0.625. The van der Waals surface area contributed by atoms with E-state index in [2.05, 4.69) is 24.4 Å². The highest BCUT2D eigenvalue weighted by atomic mass is 32.2. The lowest BCUT2D eigenvalue weighted by atomic mass is 10.1. The monoisotopic (exact) mass is 313 g/mol. The zero-order valence-electron chi connectivity index (χ0n) is 13.3. The summed E-state index contributed by atoms with van der Waals surface area (Å²) in [6.07, 6.45) is 1.54. The van der Waals surface area contributed by atoms with Gasteiger partial charge >= 0.3 is 0 Å². The van der Waals surface area contributed by atoms with Crippen LogP contribution in [-0.4, -0.2) is 40.2 Å². The number of rotatable bonds is 10. The van der Waals surface area contributed by atoms with Crippen LogP contribution in [0.1, 0.15) is 37.4 Å². The number of nitrogens with one attached hydrogen (secondary N) is 1. The van der Waals surface area contributed by atoms with Gasteiger partial charge in [-0.05, 0) is 30.5 Å². The number of benzene rings is 1. The summed E-state index contributed by atoms with van der Waals surface area (Å²) in [7, 11) is -1.49. The van der Waals surface area contributed by atoms with E-state index in [1.54, 1.807) is 7.11 Å². The molecule has 4 nitrogen and oxygen atoms in total. The van der Waals surface area contributed by atoms with E-state index in [0.29, 0.717) is 13.0 Å². The van der Waals surface area contributed by atoms with Crippen LogP contribution in [-0.2, 0) is 21.0 Å². The van der Waals surface area contributed by atoms with E-state index in [0.717, 1.165) is 18.5 Å². The second kappa shape index (κ2) is 9.18. The minimum absolute atomic E-state index is 0.135. The van der Waals surface area contributed by atoms with Crippen molar-refractivity contribution in [2.45, 2.75) is 32.7 Å². The van der Waals surface area contributed by atoms with Crippen LogP contribution in [0.15, 0.2) is 24.3 Å². The molecule has 1 N–H and O–H groups in total. The van der Waals surface area contributed by atoms with E-state index in [4.69, 9.17) is 4.74 Å². The van der Waals surface area contributed by atoms with E-state index in [9.17, 15) is 8.42 Å². The van der Waals surface area contributed by atoms with Crippen LogP contribution in [0.4, 0.5) is 0 Å². The molecule has 1 atom stereocenters. The zero-order chi connectivity index (χ0) is 15.7. The van der Waals surface area contributed by atoms with Crippen LogP contribution in [0.5, 0.6) is 0 Å². The lowest BCUT2D eigenvalue weighted by molar-refractivity contribution is 0.199. The van der Waals surface area contributed by atoms with Crippen molar-refractivity contribution in [1.29, 1.82) is 0 Å². The lowest BCUT2D eigenvalue weighted by Gasteiger charge is -2.19. The molecule has 0 bridgehead atoms. The van der Waals surface area contributed by atoms with Crippen molar-refractivity contribution >= 4 is 9.84 Å². The van der Waals surface area contributed by atoms with E-state index >= 15 is 0 Å². The maximum Gasteiger partial charge on any atom is 0.152 e. The van der Waals surface area contributed by atoms with E-state index < -0.39 is 9.84 Å². The summed E-state index contributed by atoms with van der Waals surface area (Å²) in [5.74, 6) is 0.311. The SMILES string of the molecule is CCNC(CS(=O)(=O)CCCOC)c1ccc(CC)cc1. The molecule has 1 aromatic carbocycles. The number of aryl methyl sites for hydroxylation is 1. The highest BCUT2D eigenvalue weighted by Gasteiger charge is 2.19. The molecule has 0 aromatic heterocycles. The van der Waals surface area contributed by atoms with Gasteiger partial charge < -0.3 is 10.1 Å². The van der Waals surface area contributed by atoms with E-state index in [-0.39, 0.29) is 17.5 Å². The Bertz CT molecular complexity index is 497. The lowest BCUT2D eigenvalue weighted by Crippen LogP contribution is -2.29. The summed E-state index contributed by atoms with van der Waals surface area (Å²) in [4.78, 5) is 0. The van der Waals surface area contributed by atoms with Gasteiger partial charge in [0, 0.05) is 19.8 Å². The summed E-state index contributed by atoms with van der Waals surface area (Å²) < 4.78 is 29.3. The zero-order valence-corrected chi connectivity index (χ0v) is 14.1. The first kappa shape index (κ1) is 18.1. The molecule has 5 heteroatoms. The van der Waals surface area contributed by atoms with Crippen molar-refractivity contribution in [3.05, 3.63) is 35.4 Å². The van der Waals surface area contributed by atoms with Crippen molar-refractivity contribution in [3.8, 4) is 0 Å². The molecular weight excluding hydrogens is 286 g/mol. The summed E-state index contributed by atoms with van der Waals surface area (Å²) in [5, 5.41) is 3.27. The number of sulfone groups is 1. The van der Waals surface area contributed by atoms with Crippen LogP contribution in [0.25, 0.3) is 0 Å². The number of methoxy groups -OCH3 is 1. The Balaban J connectivity index is 2.76. The number of hydrogen-bond donors (Lipinski definition) is 1. The Morgan fingerprint density at radius 3 is 2.38 bits per heavy atom. The Kier molecular flexibility index (Phi) is 7.93. The van der Waals surface area contributed by atoms with Gasteiger partial charge in [0.25, 0.3) is 0 Å². The average molecular weight is 313 g/mol. The molecule has 0 spiro atoms. The predicted molar refractivity (Wildman–Crippen MR) is 87.4 cm³/mol. The van der Waals surface area contributed by atoms with Gasteiger partial charge in [0.2, 0.25) is 0 Å². The normalized spacial score (nSPS) is 13.3. The van der Waals surface area contributed by atoms with Crippen molar-refractivity contribution in [1.82, 2.24) is 5.32 Å². The number of hydrogen-bond acceptors (Lipinski definition) is 4. The molecule has 1 rings (SSSR count). The van der Waals surface area contributed by atoms with Crippen LogP contribution in [0.2, 0.25) is 0 Å². The summed E-state index contributed by atoms with van der Waals surface area (Å²) in [6, 6.07) is 8.04. The third-order valence-electron chi connectivity index (χ3n) is 3.47. The van der Waals surface area contributed by atoms with E-state index in [1.165, 1.54) is 5.56 Å². The molecule has 1 aromatic rings. The van der Waals surface area contributed by atoms with Crippen molar-refractivity contribution in [3.63, 3.8) is 0 Å².